The summed E-state index contributed by atoms with van der Waals surface area (Å²) in [7, 11) is 3.03. The highest BCUT2D eigenvalue weighted by Gasteiger charge is 2.11. The van der Waals surface area contributed by atoms with Crippen LogP contribution in [0.5, 0.6) is 11.5 Å². The molecular formula is C8H8Cl2O2. The van der Waals surface area contributed by atoms with E-state index in [-0.39, 0.29) is 0 Å². The van der Waals surface area contributed by atoms with Gasteiger partial charge in [-0.3, -0.25) is 0 Å². The van der Waals surface area contributed by atoms with Gasteiger partial charge in [-0.15, -0.1) is 0 Å². The minimum Gasteiger partial charge on any atom is -0.491 e. The van der Waals surface area contributed by atoms with Gasteiger partial charge in [-0.1, -0.05) is 23.2 Å². The van der Waals surface area contributed by atoms with E-state index in [1.807, 2.05) is 0 Å². The van der Waals surface area contributed by atoms with E-state index >= 15 is 0 Å². The third-order valence-corrected chi connectivity index (χ3v) is 2.02. The minimum atomic E-state index is 0.465. The molecule has 0 fully saturated rings. The lowest BCUT2D eigenvalue weighted by Gasteiger charge is -2.09. The fourth-order valence-electron chi connectivity index (χ4n) is 0.895. The molecule has 66 valence electrons. The summed E-state index contributed by atoms with van der Waals surface area (Å²) in [4.78, 5) is 0. The first-order chi connectivity index (χ1) is 5.70. The number of rotatable bonds is 2. The molecule has 1 aromatic carbocycles. The second kappa shape index (κ2) is 3.87. The molecule has 0 bridgehead atoms. The van der Waals surface area contributed by atoms with Crippen molar-refractivity contribution in [1.29, 1.82) is 0 Å². The van der Waals surface area contributed by atoms with Gasteiger partial charge in [0.15, 0.2) is 11.5 Å². The highest BCUT2D eigenvalue weighted by atomic mass is 35.5. The maximum absolute atomic E-state index is 5.82. The van der Waals surface area contributed by atoms with Crippen LogP contribution in [-0.2, 0) is 0 Å². The largest absolute Gasteiger partial charge is 0.491 e. The monoisotopic (exact) mass is 206 g/mol. The fraction of sp³-hybridized carbons (Fsp3) is 0.250. The molecule has 0 saturated heterocycles. The Labute approximate surface area is 81.0 Å². The molecule has 0 N–H and O–H groups in total. The minimum absolute atomic E-state index is 0.465. The summed E-state index contributed by atoms with van der Waals surface area (Å²) >= 11 is 11.6. The van der Waals surface area contributed by atoms with Gasteiger partial charge in [0.25, 0.3) is 0 Å². The van der Waals surface area contributed by atoms with Crippen LogP contribution < -0.4 is 9.47 Å². The molecule has 0 aliphatic carbocycles. The van der Waals surface area contributed by atoms with Crippen LogP contribution in [-0.4, -0.2) is 14.2 Å². The second-order valence-corrected chi connectivity index (χ2v) is 2.91. The van der Waals surface area contributed by atoms with Gasteiger partial charge in [0.05, 0.1) is 24.3 Å². The Morgan fingerprint density at radius 1 is 0.917 bits per heavy atom. The number of ether oxygens (including phenoxy) is 2. The first-order valence-corrected chi connectivity index (χ1v) is 4.02. The van der Waals surface area contributed by atoms with E-state index in [0.29, 0.717) is 21.5 Å². The summed E-state index contributed by atoms with van der Waals surface area (Å²) in [6.07, 6.45) is 0. The van der Waals surface area contributed by atoms with Gasteiger partial charge in [-0.25, -0.2) is 0 Å². The van der Waals surface area contributed by atoms with E-state index in [9.17, 15) is 0 Å². The molecule has 0 aromatic heterocycles. The average Bonchev–Trinajstić information content (AvgIpc) is 2.08. The summed E-state index contributed by atoms with van der Waals surface area (Å²) in [5.74, 6) is 0.929. The van der Waals surface area contributed by atoms with Gasteiger partial charge in [-0.2, -0.15) is 0 Å². The van der Waals surface area contributed by atoms with Gasteiger partial charge in [0.1, 0.15) is 0 Å². The van der Waals surface area contributed by atoms with Crippen molar-refractivity contribution in [3.63, 3.8) is 0 Å². The Morgan fingerprint density at radius 2 is 1.25 bits per heavy atom. The number of hydrogen-bond acceptors (Lipinski definition) is 2. The Bertz CT molecular complexity index is 258. The number of benzene rings is 1. The zero-order valence-corrected chi connectivity index (χ0v) is 8.24. The van der Waals surface area contributed by atoms with Crippen LogP contribution in [0.4, 0.5) is 0 Å². The van der Waals surface area contributed by atoms with E-state index in [1.54, 1.807) is 12.1 Å². The summed E-state index contributed by atoms with van der Waals surface area (Å²) in [5, 5.41) is 0.970. The predicted molar refractivity (Wildman–Crippen MR) is 49.6 cm³/mol. The van der Waals surface area contributed by atoms with Crippen molar-refractivity contribution in [2.24, 2.45) is 0 Å². The normalized spacial score (nSPS) is 9.67. The second-order valence-electron chi connectivity index (χ2n) is 2.10. The molecule has 0 unspecified atom stereocenters. The van der Waals surface area contributed by atoms with Crippen LogP contribution in [0.15, 0.2) is 12.1 Å². The van der Waals surface area contributed by atoms with Gasteiger partial charge in [0, 0.05) is 0 Å². The van der Waals surface area contributed by atoms with Crippen LogP contribution in [0.1, 0.15) is 0 Å². The van der Waals surface area contributed by atoms with E-state index in [2.05, 4.69) is 0 Å². The number of hydrogen-bond donors (Lipinski definition) is 0. The fourth-order valence-corrected chi connectivity index (χ4v) is 1.35. The molecule has 0 saturated carbocycles. The quantitative estimate of drug-likeness (QED) is 0.741. The van der Waals surface area contributed by atoms with Crippen LogP contribution in [0, 0.1) is 0 Å². The molecular weight excluding hydrogens is 199 g/mol. The van der Waals surface area contributed by atoms with Crippen molar-refractivity contribution < 1.29 is 9.47 Å². The molecule has 0 aliphatic heterocycles. The SMILES string of the molecule is COc1c(Cl)ccc(Cl)c1OC. The standard InChI is InChI=1S/C8H8Cl2O2/c1-11-7-5(9)3-4-6(10)8(7)12-2/h3-4H,1-2H3. The average molecular weight is 207 g/mol. The van der Waals surface area contributed by atoms with Crippen molar-refractivity contribution in [2.75, 3.05) is 14.2 Å². The first-order valence-electron chi connectivity index (χ1n) is 3.26. The molecule has 1 rings (SSSR count). The molecule has 0 heterocycles. The third-order valence-electron chi connectivity index (χ3n) is 1.42. The third kappa shape index (κ3) is 1.59. The van der Waals surface area contributed by atoms with Crippen molar-refractivity contribution in [3.05, 3.63) is 22.2 Å². The highest BCUT2D eigenvalue weighted by molar-refractivity contribution is 6.35. The van der Waals surface area contributed by atoms with E-state index < -0.39 is 0 Å². The van der Waals surface area contributed by atoms with Gasteiger partial charge >= 0.3 is 0 Å². The zero-order chi connectivity index (χ0) is 9.14. The highest BCUT2D eigenvalue weighted by Crippen LogP contribution is 2.39. The lowest BCUT2D eigenvalue weighted by molar-refractivity contribution is 0.355. The Morgan fingerprint density at radius 3 is 1.50 bits per heavy atom. The molecule has 0 radical (unpaired) electrons. The van der Waals surface area contributed by atoms with Crippen LogP contribution in [0.3, 0.4) is 0 Å². The molecule has 0 aliphatic rings. The lowest BCUT2D eigenvalue weighted by Crippen LogP contribution is -1.91. The Balaban J connectivity index is 3.28. The summed E-state index contributed by atoms with van der Waals surface area (Å²) in [6, 6.07) is 3.32. The summed E-state index contributed by atoms with van der Waals surface area (Å²) in [6.45, 7) is 0. The summed E-state index contributed by atoms with van der Waals surface area (Å²) < 4.78 is 10.0. The van der Waals surface area contributed by atoms with Crippen molar-refractivity contribution in [3.8, 4) is 11.5 Å². The van der Waals surface area contributed by atoms with Crippen LogP contribution in [0.2, 0.25) is 10.0 Å². The Hall–Kier alpha value is -0.600. The lowest BCUT2D eigenvalue weighted by atomic mass is 10.3. The molecule has 0 atom stereocenters. The molecule has 12 heavy (non-hydrogen) atoms. The number of halogens is 2. The molecule has 1 aromatic rings. The van der Waals surface area contributed by atoms with Crippen LogP contribution in [0.25, 0.3) is 0 Å². The maximum atomic E-state index is 5.82. The Kier molecular flexibility index (Phi) is 3.06. The van der Waals surface area contributed by atoms with Crippen LogP contribution >= 0.6 is 23.2 Å². The van der Waals surface area contributed by atoms with Gasteiger partial charge in [-0.05, 0) is 12.1 Å². The topological polar surface area (TPSA) is 18.5 Å². The maximum Gasteiger partial charge on any atom is 0.180 e. The smallest absolute Gasteiger partial charge is 0.180 e. The van der Waals surface area contributed by atoms with Crippen molar-refractivity contribution >= 4 is 23.2 Å². The predicted octanol–water partition coefficient (Wildman–Crippen LogP) is 3.01. The first kappa shape index (κ1) is 9.49. The molecule has 2 nitrogen and oxygen atoms in total. The van der Waals surface area contributed by atoms with E-state index in [1.165, 1.54) is 14.2 Å². The summed E-state index contributed by atoms with van der Waals surface area (Å²) in [5.41, 5.74) is 0. The van der Waals surface area contributed by atoms with E-state index in [0.717, 1.165) is 0 Å². The van der Waals surface area contributed by atoms with Gasteiger partial charge in [0.2, 0.25) is 0 Å². The van der Waals surface area contributed by atoms with Crippen molar-refractivity contribution in [1.82, 2.24) is 0 Å². The van der Waals surface area contributed by atoms with Gasteiger partial charge < -0.3 is 9.47 Å². The zero-order valence-electron chi connectivity index (χ0n) is 6.73. The molecule has 4 heteroatoms. The number of methoxy groups -OCH3 is 2. The molecule has 0 amide bonds. The van der Waals surface area contributed by atoms with Crippen molar-refractivity contribution in [2.45, 2.75) is 0 Å². The van der Waals surface area contributed by atoms with E-state index in [4.69, 9.17) is 32.7 Å². The molecule has 0 spiro atoms.